The van der Waals surface area contributed by atoms with Crippen molar-refractivity contribution in [2.75, 3.05) is 0 Å². The van der Waals surface area contributed by atoms with E-state index in [0.29, 0.717) is 0 Å². The molecule has 0 aromatic carbocycles. The molecule has 1 rings (SSSR count). The summed E-state index contributed by atoms with van der Waals surface area (Å²) < 4.78 is 0. The van der Waals surface area contributed by atoms with Crippen LogP contribution in [0.4, 0.5) is 0 Å². The van der Waals surface area contributed by atoms with Crippen molar-refractivity contribution in [3.8, 4) is 0 Å². The quantitative estimate of drug-likeness (QED) is 0.516. The van der Waals surface area contributed by atoms with Crippen LogP contribution in [-0.2, 0) is 0 Å². The Morgan fingerprint density at radius 3 is 1.00 bits per heavy atom. The van der Waals surface area contributed by atoms with Crippen LogP contribution < -0.4 is 0 Å². The van der Waals surface area contributed by atoms with Gasteiger partial charge >= 0.3 is 0 Å². The fourth-order valence-corrected chi connectivity index (χ4v) is 7.60. The molecule has 1 heterocycles. The molecule has 0 spiro atoms. The smallest absolute Gasteiger partial charge is 0.0978 e. The van der Waals surface area contributed by atoms with Gasteiger partial charge < -0.3 is 0 Å². The predicted molar refractivity (Wildman–Crippen MR) is 62.6 cm³/mol. The Morgan fingerprint density at radius 1 is 0.667 bits per heavy atom. The van der Waals surface area contributed by atoms with E-state index in [1.165, 1.54) is 20.8 Å². The van der Waals surface area contributed by atoms with Gasteiger partial charge in [0.25, 0.3) is 0 Å². The Morgan fingerprint density at radius 2 is 0.833 bits per heavy atom. The summed E-state index contributed by atoms with van der Waals surface area (Å²) in [5, 5.41) is 5.25. The number of allylic oxidation sites excluding steroid dienone is 4. The maximum absolute atomic E-state index is 4.11. The molecule has 0 amide bonds. The van der Waals surface area contributed by atoms with E-state index in [1.54, 1.807) is 0 Å². The Labute approximate surface area is 78.2 Å². The number of rotatable bonds is 0. The molecule has 1 fully saturated rings. The first kappa shape index (κ1) is 9.48. The van der Waals surface area contributed by atoms with E-state index in [9.17, 15) is 0 Å². The van der Waals surface area contributed by atoms with Crippen molar-refractivity contribution in [2.24, 2.45) is 0 Å². The zero-order chi connectivity index (χ0) is 9.46. The summed E-state index contributed by atoms with van der Waals surface area (Å²) in [6, 6.07) is 0. The van der Waals surface area contributed by atoms with Crippen LogP contribution in [0.25, 0.3) is 0 Å². The SMILES string of the molecule is C=C1C(=C)[SiH](C)C(=C)C(=C)[SiH]1C. The molecule has 12 heavy (non-hydrogen) atoms. The second-order valence-corrected chi connectivity index (χ2v) is 9.22. The van der Waals surface area contributed by atoms with E-state index >= 15 is 0 Å². The van der Waals surface area contributed by atoms with Gasteiger partial charge in [-0.15, -0.1) is 0 Å². The van der Waals surface area contributed by atoms with Gasteiger partial charge in [-0.1, -0.05) is 60.2 Å². The maximum atomic E-state index is 4.11. The molecule has 0 radical (unpaired) electrons. The maximum Gasteiger partial charge on any atom is 0.0978 e. The van der Waals surface area contributed by atoms with E-state index in [1.807, 2.05) is 0 Å². The third-order valence-electron chi connectivity index (χ3n) is 2.92. The molecule has 0 aliphatic carbocycles. The zero-order valence-corrected chi connectivity index (χ0v) is 10.3. The fraction of sp³-hybridized carbons (Fsp3) is 0.200. The number of hydrogen-bond acceptors (Lipinski definition) is 0. The first-order chi connectivity index (χ1) is 5.46. The first-order valence-electron chi connectivity index (χ1n) is 4.22. The van der Waals surface area contributed by atoms with Gasteiger partial charge in [0.1, 0.15) is 0 Å². The highest BCUT2D eigenvalue weighted by Gasteiger charge is 2.29. The zero-order valence-electron chi connectivity index (χ0n) is 7.98. The van der Waals surface area contributed by atoms with Gasteiger partial charge in [-0.3, -0.25) is 0 Å². The summed E-state index contributed by atoms with van der Waals surface area (Å²) in [5.74, 6) is 0. The van der Waals surface area contributed by atoms with Gasteiger partial charge in [0.2, 0.25) is 0 Å². The summed E-state index contributed by atoms with van der Waals surface area (Å²) >= 11 is 0. The molecule has 0 bridgehead atoms. The Balaban J connectivity index is 3.07. The van der Waals surface area contributed by atoms with E-state index < -0.39 is 17.6 Å². The summed E-state index contributed by atoms with van der Waals surface area (Å²) in [6.07, 6.45) is 0. The van der Waals surface area contributed by atoms with Gasteiger partial charge in [0.15, 0.2) is 0 Å². The van der Waals surface area contributed by atoms with Crippen molar-refractivity contribution < 1.29 is 0 Å². The lowest BCUT2D eigenvalue weighted by Gasteiger charge is -2.31. The molecule has 0 saturated carbocycles. The van der Waals surface area contributed by atoms with Gasteiger partial charge in [0, 0.05) is 0 Å². The molecule has 0 aromatic rings. The molecule has 1 aliphatic rings. The molecule has 1 saturated heterocycles. The van der Waals surface area contributed by atoms with Crippen LogP contribution in [0.15, 0.2) is 47.1 Å². The minimum absolute atomic E-state index is 0.990. The van der Waals surface area contributed by atoms with Crippen molar-refractivity contribution in [2.45, 2.75) is 13.1 Å². The molecule has 0 atom stereocenters. The van der Waals surface area contributed by atoms with E-state index in [2.05, 4.69) is 39.4 Å². The average Bonchev–Trinajstić information content (AvgIpc) is 2.08. The van der Waals surface area contributed by atoms with Crippen LogP contribution in [0.3, 0.4) is 0 Å². The van der Waals surface area contributed by atoms with E-state index in [-0.39, 0.29) is 0 Å². The molecule has 2 heteroatoms. The minimum Gasteiger partial charge on any atom is -0.0999 e. The highest BCUT2D eigenvalue weighted by molar-refractivity contribution is 6.89. The summed E-state index contributed by atoms with van der Waals surface area (Å²) in [6.45, 7) is 21.0. The van der Waals surface area contributed by atoms with Crippen LogP contribution in [0.1, 0.15) is 0 Å². The standard InChI is InChI=1S/C10H16Si2/c1-7-8(2)12(6)10(4)9(3)11(7)5/h11-12H,1-4H2,5-6H3. The summed E-state index contributed by atoms with van der Waals surface area (Å²) in [4.78, 5) is 0. The Kier molecular flexibility index (Phi) is 2.40. The normalized spacial score (nSPS) is 31.2. The summed E-state index contributed by atoms with van der Waals surface area (Å²) in [5.41, 5.74) is 0. The van der Waals surface area contributed by atoms with Crippen molar-refractivity contribution in [1.29, 1.82) is 0 Å². The third kappa shape index (κ3) is 1.21. The topological polar surface area (TPSA) is 0 Å². The van der Waals surface area contributed by atoms with Crippen molar-refractivity contribution in [3.63, 3.8) is 0 Å². The van der Waals surface area contributed by atoms with Gasteiger partial charge in [-0.2, -0.15) is 0 Å². The monoisotopic (exact) mass is 192 g/mol. The second kappa shape index (κ2) is 3.03. The van der Waals surface area contributed by atoms with E-state index in [0.717, 1.165) is 0 Å². The predicted octanol–water partition coefficient (Wildman–Crippen LogP) is 2.10. The third-order valence-corrected chi connectivity index (χ3v) is 9.25. The Bertz CT molecular complexity index is 228. The Hall–Kier alpha value is -0.606. The average molecular weight is 192 g/mol. The van der Waals surface area contributed by atoms with Crippen molar-refractivity contribution in [3.05, 3.63) is 47.1 Å². The second-order valence-electron chi connectivity index (χ2n) is 3.54. The summed E-state index contributed by atoms with van der Waals surface area (Å²) in [7, 11) is -1.98. The highest BCUT2D eigenvalue weighted by atomic mass is 28.3. The van der Waals surface area contributed by atoms with Crippen LogP contribution in [0, 0.1) is 0 Å². The molecule has 1 aliphatic heterocycles. The fourth-order valence-electron chi connectivity index (χ4n) is 1.53. The highest BCUT2D eigenvalue weighted by Crippen LogP contribution is 2.30. The van der Waals surface area contributed by atoms with Crippen molar-refractivity contribution >= 4 is 17.6 Å². The van der Waals surface area contributed by atoms with Crippen LogP contribution in [0.2, 0.25) is 13.1 Å². The molecular weight excluding hydrogens is 176 g/mol. The number of hydrogen-bond donors (Lipinski definition) is 0. The van der Waals surface area contributed by atoms with Crippen molar-refractivity contribution in [1.82, 2.24) is 0 Å². The van der Waals surface area contributed by atoms with Crippen LogP contribution in [0.5, 0.6) is 0 Å². The molecule has 0 aromatic heterocycles. The first-order valence-corrected chi connectivity index (χ1v) is 8.84. The molecular formula is C10H16Si2. The van der Waals surface area contributed by atoms with Crippen LogP contribution in [-0.4, -0.2) is 17.6 Å². The van der Waals surface area contributed by atoms with Gasteiger partial charge in [-0.25, -0.2) is 0 Å². The lowest BCUT2D eigenvalue weighted by Crippen LogP contribution is -2.33. The van der Waals surface area contributed by atoms with Gasteiger partial charge in [0.05, 0.1) is 17.6 Å². The lowest BCUT2D eigenvalue weighted by molar-refractivity contribution is 1.62. The minimum atomic E-state index is -0.990. The lowest BCUT2D eigenvalue weighted by atomic mass is 10.6. The molecule has 0 nitrogen and oxygen atoms in total. The van der Waals surface area contributed by atoms with Gasteiger partial charge in [-0.05, 0) is 0 Å². The largest absolute Gasteiger partial charge is 0.0999 e. The molecule has 0 N–H and O–H groups in total. The molecule has 64 valence electrons. The van der Waals surface area contributed by atoms with Crippen LogP contribution >= 0.6 is 0 Å². The molecule has 0 unspecified atom stereocenters. The van der Waals surface area contributed by atoms with E-state index in [4.69, 9.17) is 0 Å².